The molecule has 0 fully saturated rings. The van der Waals surface area contributed by atoms with Gasteiger partial charge in [-0.1, -0.05) is 71.8 Å². The van der Waals surface area contributed by atoms with Crippen LogP contribution in [0.1, 0.15) is 36.0 Å². The number of halogens is 1. The van der Waals surface area contributed by atoms with Gasteiger partial charge in [-0.3, -0.25) is 4.79 Å². The Kier molecular flexibility index (Phi) is 5.98. The third-order valence-corrected chi connectivity index (χ3v) is 4.21. The maximum atomic E-state index is 12.2. The highest BCUT2D eigenvalue weighted by Gasteiger charge is 2.16. The largest absolute Gasteiger partial charge is 0.385 e. The first-order chi connectivity index (χ1) is 9.72. The van der Waals surface area contributed by atoms with Gasteiger partial charge in [0.1, 0.15) is 6.10 Å². The summed E-state index contributed by atoms with van der Waals surface area (Å²) in [6.45, 7) is 0. The monoisotopic (exact) mass is 382 g/mol. The van der Waals surface area contributed by atoms with Crippen molar-refractivity contribution in [3.8, 4) is 0 Å². The number of hydrogen-bond donors (Lipinski definition) is 1. The minimum absolute atomic E-state index is 0.162. The van der Waals surface area contributed by atoms with Gasteiger partial charge in [-0.2, -0.15) is 0 Å². The number of aliphatic hydroxyl groups is 1. The Morgan fingerprint density at radius 3 is 2.55 bits per heavy atom. The van der Waals surface area contributed by atoms with Gasteiger partial charge in [0, 0.05) is 5.56 Å². The zero-order valence-electron chi connectivity index (χ0n) is 11.4. The minimum Gasteiger partial charge on any atom is -0.385 e. The summed E-state index contributed by atoms with van der Waals surface area (Å²) in [6.07, 6.45) is 2.82. The Hall–Kier alpha value is -0.940. The van der Waals surface area contributed by atoms with Gasteiger partial charge in [-0.05, 0) is 34.1 Å². The summed E-state index contributed by atoms with van der Waals surface area (Å²) in [4.78, 5) is 12.2. The van der Waals surface area contributed by atoms with Gasteiger partial charge in [-0.15, -0.1) is 0 Å². The molecule has 2 aromatic rings. The molecule has 0 aliphatic heterocycles. The molecule has 0 radical (unpaired) electrons. The molecule has 0 bridgehead atoms. The van der Waals surface area contributed by atoms with Crippen LogP contribution in [-0.4, -0.2) is 21.4 Å². The Morgan fingerprint density at radius 1 is 1.05 bits per heavy atom. The van der Waals surface area contributed by atoms with Gasteiger partial charge in [0.25, 0.3) is 0 Å². The molecular formula is C17H19IO2. The van der Waals surface area contributed by atoms with E-state index in [2.05, 4.69) is 22.6 Å². The Labute approximate surface area is 133 Å². The molecule has 2 nitrogen and oxygen atoms in total. The van der Waals surface area contributed by atoms with Gasteiger partial charge >= 0.3 is 0 Å². The van der Waals surface area contributed by atoms with Gasteiger partial charge in [0.15, 0.2) is 5.78 Å². The van der Waals surface area contributed by atoms with Gasteiger partial charge in [0.2, 0.25) is 0 Å². The lowest BCUT2D eigenvalue weighted by atomic mass is 9.99. The van der Waals surface area contributed by atoms with Crippen LogP contribution in [0.3, 0.4) is 0 Å². The highest BCUT2D eigenvalue weighted by atomic mass is 127. The fraction of sp³-hybridized carbons (Fsp3) is 0.353. The zero-order chi connectivity index (χ0) is 14.4. The van der Waals surface area contributed by atoms with Crippen LogP contribution in [-0.2, 0) is 0 Å². The summed E-state index contributed by atoms with van der Waals surface area (Å²) in [7, 11) is 0. The molecule has 0 aliphatic rings. The van der Waals surface area contributed by atoms with Gasteiger partial charge in [-0.25, -0.2) is 0 Å². The number of Topliss-reactive ketones (excluding diaryl/α,β-unsaturated/α-hetero) is 1. The number of unbranched alkanes of at least 4 members (excludes halogenated alkanes) is 2. The molecule has 2 aromatic carbocycles. The number of fused-ring (bicyclic) bond motifs is 1. The summed E-state index contributed by atoms with van der Waals surface area (Å²) in [5.74, 6) is -0.162. The summed E-state index contributed by atoms with van der Waals surface area (Å²) in [6, 6.07) is 13.5. The Balaban J connectivity index is 2.02. The van der Waals surface area contributed by atoms with Gasteiger partial charge < -0.3 is 5.11 Å². The molecule has 0 heterocycles. The quantitative estimate of drug-likeness (QED) is 0.334. The van der Waals surface area contributed by atoms with Crippen LogP contribution in [0.2, 0.25) is 0 Å². The average Bonchev–Trinajstić information content (AvgIpc) is 2.50. The molecule has 1 unspecified atom stereocenters. The van der Waals surface area contributed by atoms with Crippen molar-refractivity contribution in [2.75, 3.05) is 4.43 Å². The average molecular weight is 382 g/mol. The number of aliphatic hydroxyl groups excluding tert-OH is 1. The van der Waals surface area contributed by atoms with Crippen LogP contribution in [0, 0.1) is 0 Å². The van der Waals surface area contributed by atoms with Crippen molar-refractivity contribution in [2.24, 2.45) is 0 Å². The summed E-state index contributed by atoms with van der Waals surface area (Å²) in [5.41, 5.74) is 0.602. The van der Waals surface area contributed by atoms with E-state index in [0.717, 1.165) is 34.5 Å². The van der Waals surface area contributed by atoms with Crippen molar-refractivity contribution < 1.29 is 9.90 Å². The number of hydrogen-bond acceptors (Lipinski definition) is 2. The number of benzene rings is 2. The lowest BCUT2D eigenvalue weighted by Gasteiger charge is -2.10. The van der Waals surface area contributed by atoms with E-state index < -0.39 is 6.10 Å². The number of rotatable bonds is 7. The highest BCUT2D eigenvalue weighted by Crippen LogP contribution is 2.18. The fourth-order valence-corrected chi connectivity index (χ4v) is 2.81. The van der Waals surface area contributed by atoms with Crippen molar-refractivity contribution in [1.82, 2.24) is 0 Å². The van der Waals surface area contributed by atoms with Crippen molar-refractivity contribution in [3.63, 3.8) is 0 Å². The molecule has 0 aliphatic carbocycles. The first-order valence-corrected chi connectivity index (χ1v) is 8.52. The number of carbonyl (C=O) groups is 1. The molecule has 3 heteroatoms. The van der Waals surface area contributed by atoms with Gasteiger partial charge in [0.05, 0.1) is 0 Å². The third-order valence-electron chi connectivity index (χ3n) is 3.45. The summed E-state index contributed by atoms with van der Waals surface area (Å²) in [5, 5.41) is 12.1. The van der Waals surface area contributed by atoms with E-state index in [1.807, 2.05) is 36.4 Å². The smallest absolute Gasteiger partial charge is 0.191 e. The predicted molar refractivity (Wildman–Crippen MR) is 91.6 cm³/mol. The molecule has 1 N–H and O–H groups in total. The van der Waals surface area contributed by atoms with E-state index in [1.165, 1.54) is 0 Å². The van der Waals surface area contributed by atoms with Crippen molar-refractivity contribution in [1.29, 1.82) is 0 Å². The molecule has 20 heavy (non-hydrogen) atoms. The minimum atomic E-state index is -0.870. The molecular weight excluding hydrogens is 363 g/mol. The molecule has 0 amide bonds. The lowest BCUT2D eigenvalue weighted by Crippen LogP contribution is -2.20. The normalized spacial score (nSPS) is 12.5. The number of ketones is 1. The number of alkyl halides is 1. The number of carbonyl (C=O) groups excluding carboxylic acids is 1. The molecule has 0 aromatic heterocycles. The molecule has 1 atom stereocenters. The van der Waals surface area contributed by atoms with E-state index in [4.69, 9.17) is 0 Å². The van der Waals surface area contributed by atoms with E-state index >= 15 is 0 Å². The second kappa shape index (κ2) is 7.74. The van der Waals surface area contributed by atoms with Crippen molar-refractivity contribution in [2.45, 2.75) is 31.8 Å². The van der Waals surface area contributed by atoms with Crippen LogP contribution >= 0.6 is 22.6 Å². The first kappa shape index (κ1) is 15.4. The first-order valence-electron chi connectivity index (χ1n) is 6.99. The lowest BCUT2D eigenvalue weighted by molar-refractivity contribution is 0.0725. The maximum Gasteiger partial charge on any atom is 0.191 e. The zero-order valence-corrected chi connectivity index (χ0v) is 13.5. The van der Waals surface area contributed by atoms with E-state index in [1.54, 1.807) is 6.07 Å². The van der Waals surface area contributed by atoms with Crippen molar-refractivity contribution in [3.05, 3.63) is 48.0 Å². The highest BCUT2D eigenvalue weighted by molar-refractivity contribution is 14.1. The van der Waals surface area contributed by atoms with Crippen LogP contribution in [0.15, 0.2) is 42.5 Å². The fourth-order valence-electron chi connectivity index (χ4n) is 2.28. The van der Waals surface area contributed by atoms with Crippen LogP contribution < -0.4 is 0 Å². The predicted octanol–water partition coefficient (Wildman–Crippen LogP) is 4.38. The van der Waals surface area contributed by atoms with Crippen LogP contribution in [0.5, 0.6) is 0 Å². The van der Waals surface area contributed by atoms with E-state index in [-0.39, 0.29) is 5.78 Å². The van der Waals surface area contributed by atoms with E-state index in [0.29, 0.717) is 12.0 Å². The molecule has 106 valence electrons. The SMILES string of the molecule is O=C(c1ccc2ccccc2c1)C(O)CCCCCI. The second-order valence-electron chi connectivity index (χ2n) is 4.98. The second-order valence-corrected chi connectivity index (χ2v) is 6.06. The maximum absolute atomic E-state index is 12.2. The Bertz CT molecular complexity index is 580. The van der Waals surface area contributed by atoms with E-state index in [9.17, 15) is 9.90 Å². The third kappa shape index (κ3) is 4.03. The topological polar surface area (TPSA) is 37.3 Å². The van der Waals surface area contributed by atoms with Crippen LogP contribution in [0.25, 0.3) is 10.8 Å². The molecule has 0 spiro atoms. The van der Waals surface area contributed by atoms with Crippen LogP contribution in [0.4, 0.5) is 0 Å². The molecule has 2 rings (SSSR count). The molecule has 0 saturated heterocycles. The standard InChI is InChI=1S/C17H19IO2/c18-11-5-1-2-8-16(19)17(20)15-10-9-13-6-3-4-7-14(13)12-15/h3-4,6-7,9-10,12,16,19H,1-2,5,8,11H2. The Morgan fingerprint density at radius 2 is 1.80 bits per heavy atom. The summed E-state index contributed by atoms with van der Waals surface area (Å²) < 4.78 is 1.13. The molecule has 0 saturated carbocycles. The summed E-state index contributed by atoms with van der Waals surface area (Å²) >= 11 is 2.35. The van der Waals surface area contributed by atoms with Crippen molar-refractivity contribution >= 4 is 39.1 Å².